The first-order chi connectivity index (χ1) is 11.1. The average molecular weight is 346 g/mol. The molecule has 4 nitrogen and oxygen atoms in total. The van der Waals surface area contributed by atoms with Crippen LogP contribution in [-0.4, -0.2) is 29.1 Å². The molecule has 1 aromatic rings. The molecule has 2 heterocycles. The highest BCUT2D eigenvalue weighted by atomic mass is 32.2. The van der Waals surface area contributed by atoms with E-state index in [0.717, 1.165) is 17.1 Å². The lowest BCUT2D eigenvalue weighted by atomic mass is 10.2. The molecule has 0 aromatic heterocycles. The summed E-state index contributed by atoms with van der Waals surface area (Å²) in [5, 5.41) is 1.36. The Labute approximate surface area is 145 Å². The van der Waals surface area contributed by atoms with Crippen LogP contribution in [0.2, 0.25) is 0 Å². The highest BCUT2D eigenvalue weighted by molar-refractivity contribution is 8.03. The lowest BCUT2D eigenvalue weighted by Gasteiger charge is -2.19. The van der Waals surface area contributed by atoms with Crippen LogP contribution in [-0.2, 0) is 9.53 Å². The van der Waals surface area contributed by atoms with Crippen LogP contribution in [0.4, 0.5) is 5.69 Å². The first-order valence-corrected chi connectivity index (χ1v) is 8.80. The fraction of sp³-hybridized carbons (Fsp3) is 0.294. The van der Waals surface area contributed by atoms with Crippen molar-refractivity contribution in [1.29, 1.82) is 0 Å². The van der Waals surface area contributed by atoms with Crippen LogP contribution >= 0.6 is 24.0 Å². The summed E-state index contributed by atoms with van der Waals surface area (Å²) in [6.07, 6.45) is 1.79. The van der Waals surface area contributed by atoms with Gasteiger partial charge in [0.1, 0.15) is 0 Å². The number of carbonyl (C=O) groups is 1. The van der Waals surface area contributed by atoms with E-state index in [1.165, 1.54) is 15.5 Å². The van der Waals surface area contributed by atoms with E-state index >= 15 is 0 Å². The zero-order chi connectivity index (χ0) is 16.6. The van der Waals surface area contributed by atoms with Gasteiger partial charge in [-0.3, -0.25) is 9.69 Å². The summed E-state index contributed by atoms with van der Waals surface area (Å²) in [6.45, 7) is 7.39. The normalized spacial score (nSPS) is 21.1. The number of anilines is 1. The number of rotatable bonds is 3. The maximum Gasteiger partial charge on any atom is 0.297 e. The van der Waals surface area contributed by atoms with Crippen molar-refractivity contribution in [1.82, 2.24) is 4.90 Å². The standard InChI is InChI=1S/C17H18N2O2S2/c1-4-18-12-8-6-7-9-14(12)23-16(18)11(3)10-13-15(20)19(5-2)17(22)21-13/h6-10H,4-5H2,1-3H3. The zero-order valence-electron chi connectivity index (χ0n) is 13.3. The number of carbonyl (C=O) groups excluding carboxylic acids is 1. The summed E-state index contributed by atoms with van der Waals surface area (Å²) in [7, 11) is 0. The van der Waals surface area contributed by atoms with Crippen molar-refractivity contribution in [2.24, 2.45) is 0 Å². The van der Waals surface area contributed by atoms with Crippen LogP contribution in [0.25, 0.3) is 0 Å². The van der Waals surface area contributed by atoms with Gasteiger partial charge in [0.25, 0.3) is 11.1 Å². The maximum absolute atomic E-state index is 12.3. The smallest absolute Gasteiger partial charge is 0.297 e. The molecule has 120 valence electrons. The van der Waals surface area contributed by atoms with Gasteiger partial charge in [-0.05, 0) is 56.8 Å². The predicted molar refractivity (Wildman–Crippen MR) is 97.2 cm³/mol. The molecule has 2 aliphatic heterocycles. The second-order valence-electron chi connectivity index (χ2n) is 5.23. The van der Waals surface area contributed by atoms with Gasteiger partial charge < -0.3 is 9.64 Å². The average Bonchev–Trinajstić information content (AvgIpc) is 3.05. The van der Waals surface area contributed by atoms with Crippen LogP contribution in [0.3, 0.4) is 0 Å². The minimum Gasteiger partial charge on any atom is -0.426 e. The Morgan fingerprint density at radius 2 is 1.96 bits per heavy atom. The first kappa shape index (κ1) is 16.1. The SMILES string of the molecule is CCN1C(=O)C(=CC(C)=C2Sc3ccccc3N2CC)OC1=S. The Bertz CT molecular complexity index is 740. The molecule has 6 heteroatoms. The third-order valence-corrected chi connectivity index (χ3v) is 5.40. The van der Waals surface area contributed by atoms with Gasteiger partial charge in [0, 0.05) is 18.0 Å². The van der Waals surface area contributed by atoms with E-state index in [-0.39, 0.29) is 11.1 Å². The number of allylic oxidation sites excluding steroid dienone is 2. The molecule has 0 aliphatic carbocycles. The number of likely N-dealkylation sites (N-methyl/N-ethyl adjacent to an activating group) is 1. The Morgan fingerprint density at radius 3 is 2.61 bits per heavy atom. The molecule has 0 N–H and O–H groups in total. The molecule has 0 radical (unpaired) electrons. The number of hydrogen-bond donors (Lipinski definition) is 0. The maximum atomic E-state index is 12.3. The molecule has 1 fully saturated rings. The number of nitrogens with zero attached hydrogens (tertiary/aromatic N) is 2. The van der Waals surface area contributed by atoms with Crippen molar-refractivity contribution in [3.63, 3.8) is 0 Å². The molecule has 23 heavy (non-hydrogen) atoms. The summed E-state index contributed by atoms with van der Waals surface area (Å²) in [5.41, 5.74) is 2.20. The summed E-state index contributed by atoms with van der Waals surface area (Å²) >= 11 is 6.81. The van der Waals surface area contributed by atoms with Gasteiger partial charge in [0.15, 0.2) is 5.76 Å². The topological polar surface area (TPSA) is 32.8 Å². The molecule has 3 rings (SSSR count). The van der Waals surface area contributed by atoms with E-state index < -0.39 is 0 Å². The zero-order valence-corrected chi connectivity index (χ0v) is 15.0. The Morgan fingerprint density at radius 1 is 1.26 bits per heavy atom. The van der Waals surface area contributed by atoms with E-state index in [1.807, 2.05) is 26.0 Å². The van der Waals surface area contributed by atoms with Crippen molar-refractivity contribution in [3.8, 4) is 0 Å². The number of thiocarbonyl (C=S) groups is 1. The monoisotopic (exact) mass is 346 g/mol. The molecule has 0 unspecified atom stereocenters. The molecular formula is C17H18N2O2S2. The number of benzene rings is 1. The predicted octanol–water partition coefficient (Wildman–Crippen LogP) is 3.90. The van der Waals surface area contributed by atoms with Gasteiger partial charge in [0.05, 0.1) is 10.7 Å². The largest absolute Gasteiger partial charge is 0.426 e. The number of thioether (sulfide) groups is 1. The van der Waals surface area contributed by atoms with Gasteiger partial charge in [-0.1, -0.05) is 23.9 Å². The second-order valence-corrected chi connectivity index (χ2v) is 6.61. The van der Waals surface area contributed by atoms with Crippen molar-refractivity contribution >= 4 is 40.7 Å². The van der Waals surface area contributed by atoms with Gasteiger partial charge in [-0.15, -0.1) is 0 Å². The summed E-state index contributed by atoms with van der Waals surface area (Å²) < 4.78 is 5.46. The van der Waals surface area contributed by atoms with Gasteiger partial charge in [-0.2, -0.15) is 0 Å². The summed E-state index contributed by atoms with van der Waals surface area (Å²) in [4.78, 5) is 17.2. The van der Waals surface area contributed by atoms with Crippen LogP contribution in [0.5, 0.6) is 0 Å². The minimum atomic E-state index is -0.166. The van der Waals surface area contributed by atoms with Crippen LogP contribution < -0.4 is 4.90 Å². The van der Waals surface area contributed by atoms with Crippen LogP contribution in [0.15, 0.2) is 51.6 Å². The highest BCUT2D eigenvalue weighted by Gasteiger charge is 2.33. The fourth-order valence-electron chi connectivity index (χ4n) is 2.67. The Balaban J connectivity index is 1.95. The van der Waals surface area contributed by atoms with Gasteiger partial charge >= 0.3 is 0 Å². The van der Waals surface area contributed by atoms with Crippen LogP contribution in [0.1, 0.15) is 20.8 Å². The Kier molecular flexibility index (Phi) is 4.46. The number of fused-ring (bicyclic) bond motifs is 1. The molecule has 1 aromatic carbocycles. The Hall–Kier alpha value is -1.79. The first-order valence-electron chi connectivity index (χ1n) is 7.57. The fourth-order valence-corrected chi connectivity index (χ4v) is 4.17. The molecule has 2 aliphatic rings. The summed E-state index contributed by atoms with van der Waals surface area (Å²) in [6, 6.07) is 8.31. The molecule has 1 saturated heterocycles. The van der Waals surface area contributed by atoms with E-state index in [1.54, 1.807) is 17.8 Å². The van der Waals surface area contributed by atoms with Crippen molar-refractivity contribution in [2.75, 3.05) is 18.0 Å². The van der Waals surface area contributed by atoms with Gasteiger partial charge in [0.2, 0.25) is 0 Å². The number of hydrogen-bond acceptors (Lipinski definition) is 5. The van der Waals surface area contributed by atoms with E-state index in [2.05, 4.69) is 24.0 Å². The van der Waals surface area contributed by atoms with Crippen molar-refractivity contribution in [3.05, 3.63) is 46.7 Å². The van der Waals surface area contributed by atoms with E-state index in [9.17, 15) is 4.79 Å². The lowest BCUT2D eigenvalue weighted by Crippen LogP contribution is -2.27. The molecule has 1 amide bonds. The lowest BCUT2D eigenvalue weighted by molar-refractivity contribution is -0.122. The second kappa shape index (κ2) is 6.37. The quantitative estimate of drug-likeness (QED) is 0.612. The molecular weight excluding hydrogens is 328 g/mol. The molecule has 0 spiro atoms. The van der Waals surface area contributed by atoms with E-state index in [0.29, 0.717) is 12.3 Å². The minimum absolute atomic E-state index is 0.166. The van der Waals surface area contributed by atoms with Crippen molar-refractivity contribution < 1.29 is 9.53 Å². The third-order valence-electron chi connectivity index (χ3n) is 3.80. The van der Waals surface area contributed by atoms with E-state index in [4.69, 9.17) is 17.0 Å². The number of para-hydroxylation sites is 1. The number of ether oxygens (including phenoxy) is 1. The van der Waals surface area contributed by atoms with Gasteiger partial charge in [-0.25, -0.2) is 0 Å². The third kappa shape index (κ3) is 2.77. The summed E-state index contributed by atoms with van der Waals surface area (Å²) in [5.74, 6) is 0.135. The molecule has 0 atom stereocenters. The molecule has 0 saturated carbocycles. The van der Waals surface area contributed by atoms with Crippen LogP contribution in [0, 0.1) is 0 Å². The molecule has 0 bridgehead atoms. The highest BCUT2D eigenvalue weighted by Crippen LogP contribution is 2.47. The number of amides is 1. The van der Waals surface area contributed by atoms with Crippen molar-refractivity contribution in [2.45, 2.75) is 25.7 Å².